The van der Waals surface area contributed by atoms with E-state index < -0.39 is 0 Å². The molecule has 3 aromatic heterocycles. The Morgan fingerprint density at radius 1 is 1.12 bits per heavy atom. The molecular formula is C16H14ClN7. The lowest BCUT2D eigenvalue weighted by atomic mass is 10.2. The van der Waals surface area contributed by atoms with Crippen LogP contribution in [0.3, 0.4) is 0 Å². The van der Waals surface area contributed by atoms with E-state index in [0.717, 1.165) is 11.1 Å². The van der Waals surface area contributed by atoms with Crippen molar-refractivity contribution in [3.8, 4) is 0 Å². The van der Waals surface area contributed by atoms with Crippen LogP contribution in [0.15, 0.2) is 36.4 Å². The number of anilines is 3. The molecular weight excluding hydrogens is 326 g/mol. The number of hydrogen-bond acceptors (Lipinski definition) is 6. The Morgan fingerprint density at radius 2 is 1.96 bits per heavy atom. The minimum Gasteiger partial charge on any atom is -0.384 e. The quantitative estimate of drug-likeness (QED) is 0.604. The van der Waals surface area contributed by atoms with Crippen LogP contribution in [0.25, 0.3) is 16.8 Å². The fourth-order valence-electron chi connectivity index (χ4n) is 2.70. The second-order valence-corrected chi connectivity index (χ2v) is 5.90. The topological polar surface area (TPSA) is 85.2 Å². The van der Waals surface area contributed by atoms with E-state index in [9.17, 15) is 0 Å². The summed E-state index contributed by atoms with van der Waals surface area (Å²) in [6.07, 6.45) is 0. The summed E-state index contributed by atoms with van der Waals surface area (Å²) in [5.41, 5.74) is 7.46. The number of nitrogen functional groups attached to an aromatic ring is 1. The first-order valence-electron chi connectivity index (χ1n) is 7.32. The zero-order valence-corrected chi connectivity index (χ0v) is 13.9. The number of halogens is 1. The van der Waals surface area contributed by atoms with Gasteiger partial charge in [-0.05, 0) is 37.3 Å². The molecule has 120 valence electrons. The van der Waals surface area contributed by atoms with Gasteiger partial charge in [-0.25, -0.2) is 9.38 Å². The fourth-order valence-corrected chi connectivity index (χ4v) is 2.88. The zero-order chi connectivity index (χ0) is 16.8. The van der Waals surface area contributed by atoms with E-state index in [4.69, 9.17) is 17.3 Å². The van der Waals surface area contributed by atoms with Crippen LogP contribution in [0.2, 0.25) is 5.02 Å². The van der Waals surface area contributed by atoms with Gasteiger partial charge in [0, 0.05) is 17.8 Å². The summed E-state index contributed by atoms with van der Waals surface area (Å²) in [4.78, 5) is 11.1. The Labute approximate surface area is 142 Å². The molecule has 0 aliphatic rings. The van der Waals surface area contributed by atoms with Crippen molar-refractivity contribution in [3.05, 3.63) is 47.2 Å². The molecule has 0 fully saturated rings. The average molecular weight is 340 g/mol. The van der Waals surface area contributed by atoms with Crippen LogP contribution in [0.4, 0.5) is 17.3 Å². The van der Waals surface area contributed by atoms with Gasteiger partial charge in [-0.2, -0.15) is 4.98 Å². The number of nitrogens with zero attached hydrogens (tertiary/aromatic N) is 6. The molecule has 0 unspecified atom stereocenters. The van der Waals surface area contributed by atoms with Crippen LogP contribution < -0.4 is 10.6 Å². The molecule has 4 aromatic rings. The van der Waals surface area contributed by atoms with Crippen molar-refractivity contribution in [3.63, 3.8) is 0 Å². The molecule has 7 nitrogen and oxygen atoms in total. The highest BCUT2D eigenvalue weighted by Gasteiger charge is 2.17. The number of aromatic nitrogens is 5. The van der Waals surface area contributed by atoms with Crippen molar-refractivity contribution in [2.24, 2.45) is 0 Å². The smallest absolute Gasteiger partial charge is 0.258 e. The van der Waals surface area contributed by atoms with E-state index >= 15 is 0 Å². The maximum Gasteiger partial charge on any atom is 0.258 e. The lowest BCUT2D eigenvalue weighted by Gasteiger charge is -2.20. The molecule has 3 heterocycles. The molecule has 8 heteroatoms. The molecule has 0 aliphatic carbocycles. The van der Waals surface area contributed by atoms with E-state index in [2.05, 4.69) is 20.2 Å². The highest BCUT2D eigenvalue weighted by atomic mass is 35.5. The van der Waals surface area contributed by atoms with Crippen molar-refractivity contribution in [2.45, 2.75) is 6.92 Å². The number of nitrogens with two attached hydrogens (primary N) is 1. The minimum atomic E-state index is 0.430. The molecule has 0 atom stereocenters. The van der Waals surface area contributed by atoms with E-state index in [1.165, 1.54) is 0 Å². The molecule has 0 aliphatic heterocycles. The van der Waals surface area contributed by atoms with Gasteiger partial charge in [0.05, 0.1) is 5.39 Å². The number of benzene rings is 1. The van der Waals surface area contributed by atoms with Crippen LogP contribution in [0.1, 0.15) is 5.82 Å². The average Bonchev–Trinajstić information content (AvgIpc) is 2.94. The number of hydrogen-bond donors (Lipinski definition) is 1. The second-order valence-electron chi connectivity index (χ2n) is 5.46. The Bertz CT molecular complexity index is 1070. The summed E-state index contributed by atoms with van der Waals surface area (Å²) in [6.45, 7) is 1.85. The van der Waals surface area contributed by atoms with Crippen molar-refractivity contribution >= 4 is 45.7 Å². The number of rotatable bonds is 2. The third-order valence-electron chi connectivity index (χ3n) is 3.88. The molecule has 0 amide bonds. The van der Waals surface area contributed by atoms with Gasteiger partial charge >= 0.3 is 0 Å². The summed E-state index contributed by atoms with van der Waals surface area (Å²) in [7, 11) is 1.92. The van der Waals surface area contributed by atoms with Gasteiger partial charge in [0.15, 0.2) is 5.65 Å². The molecule has 0 spiro atoms. The van der Waals surface area contributed by atoms with Gasteiger partial charge in [-0.1, -0.05) is 17.7 Å². The zero-order valence-electron chi connectivity index (χ0n) is 13.1. The normalized spacial score (nSPS) is 11.3. The Morgan fingerprint density at radius 3 is 2.75 bits per heavy atom. The lowest BCUT2D eigenvalue weighted by Crippen LogP contribution is -2.13. The first-order chi connectivity index (χ1) is 11.5. The maximum atomic E-state index is 6.11. The Kier molecular flexibility index (Phi) is 3.24. The predicted molar refractivity (Wildman–Crippen MR) is 94.7 cm³/mol. The summed E-state index contributed by atoms with van der Waals surface area (Å²) < 4.78 is 1.79. The van der Waals surface area contributed by atoms with Crippen molar-refractivity contribution in [1.82, 2.24) is 24.6 Å². The molecule has 2 N–H and O–H groups in total. The minimum absolute atomic E-state index is 0.430. The van der Waals surface area contributed by atoms with Crippen LogP contribution in [-0.2, 0) is 0 Å². The van der Waals surface area contributed by atoms with Crippen LogP contribution in [0, 0.1) is 6.92 Å². The molecule has 24 heavy (non-hydrogen) atoms. The number of fused-ring (bicyclic) bond motifs is 3. The number of pyridine rings is 1. The third-order valence-corrected chi connectivity index (χ3v) is 4.11. The molecule has 0 saturated carbocycles. The van der Waals surface area contributed by atoms with Crippen LogP contribution in [0.5, 0.6) is 0 Å². The van der Waals surface area contributed by atoms with E-state index in [-0.39, 0.29) is 0 Å². The maximum absolute atomic E-state index is 6.11. The second kappa shape index (κ2) is 5.31. The lowest BCUT2D eigenvalue weighted by molar-refractivity contribution is 1.01. The highest BCUT2D eigenvalue weighted by Crippen LogP contribution is 2.31. The highest BCUT2D eigenvalue weighted by molar-refractivity contribution is 6.30. The summed E-state index contributed by atoms with van der Waals surface area (Å²) in [5.74, 6) is 2.32. The summed E-state index contributed by atoms with van der Waals surface area (Å²) in [6, 6.07) is 11.2. The third kappa shape index (κ3) is 2.21. The first-order valence-corrected chi connectivity index (χ1v) is 7.69. The van der Waals surface area contributed by atoms with Gasteiger partial charge < -0.3 is 10.6 Å². The SMILES string of the molecule is Cc1nnc2nc(N(C)c3cccc(Cl)c3)c3ccc(N)nc3n12. The van der Waals surface area contributed by atoms with Crippen molar-refractivity contribution in [1.29, 1.82) is 0 Å². The van der Waals surface area contributed by atoms with Crippen LogP contribution in [-0.4, -0.2) is 31.6 Å². The Balaban J connectivity index is 2.03. The Hall–Kier alpha value is -2.93. The van der Waals surface area contributed by atoms with Crippen molar-refractivity contribution < 1.29 is 0 Å². The van der Waals surface area contributed by atoms with E-state index in [1.54, 1.807) is 10.5 Å². The van der Waals surface area contributed by atoms with Crippen LogP contribution >= 0.6 is 11.6 Å². The van der Waals surface area contributed by atoms with Gasteiger partial charge in [0.1, 0.15) is 17.5 Å². The largest absolute Gasteiger partial charge is 0.384 e. The van der Waals surface area contributed by atoms with Crippen molar-refractivity contribution in [2.75, 3.05) is 17.7 Å². The predicted octanol–water partition coefficient (Wildman–Crippen LogP) is 2.98. The van der Waals surface area contributed by atoms with Gasteiger partial charge in [0.2, 0.25) is 0 Å². The van der Waals surface area contributed by atoms with E-state index in [0.29, 0.717) is 33.9 Å². The number of aryl methyl sites for hydroxylation is 1. The van der Waals surface area contributed by atoms with E-state index in [1.807, 2.05) is 49.2 Å². The van der Waals surface area contributed by atoms with Gasteiger partial charge in [0.25, 0.3) is 5.78 Å². The first kappa shape index (κ1) is 14.6. The molecule has 0 saturated heterocycles. The van der Waals surface area contributed by atoms with Gasteiger partial charge in [-0.15, -0.1) is 10.2 Å². The standard InChI is InChI=1S/C16H14ClN7/c1-9-21-22-16-20-14(23(2)11-5-3-4-10(17)8-11)12-6-7-13(18)19-15(12)24(9)16/h3-8H,1-2H3,(H2,18,19). The fraction of sp³-hybridized carbons (Fsp3) is 0.125. The monoisotopic (exact) mass is 339 g/mol. The molecule has 4 rings (SSSR count). The summed E-state index contributed by atoms with van der Waals surface area (Å²) >= 11 is 6.11. The molecule has 0 radical (unpaired) electrons. The molecule has 1 aromatic carbocycles. The summed E-state index contributed by atoms with van der Waals surface area (Å²) in [5, 5.41) is 9.72. The molecule has 0 bridgehead atoms. The van der Waals surface area contributed by atoms with Gasteiger partial charge in [-0.3, -0.25) is 0 Å².